The van der Waals surface area contributed by atoms with Crippen molar-refractivity contribution in [3.63, 3.8) is 0 Å². The minimum Gasteiger partial charge on any atom is -0.339 e. The number of rotatable bonds is 7. The highest BCUT2D eigenvalue weighted by atomic mass is 32.1. The van der Waals surface area contributed by atoms with Crippen molar-refractivity contribution < 1.29 is 22.5 Å². The SMILES string of the molecule is O=C(CCc1nc(-c2cccs2)no1)Nc1ncc(Cc2cccc(C(F)(F)F)c2)s1. The molecule has 0 saturated carbocycles. The van der Waals surface area contributed by atoms with Crippen LogP contribution in [0.1, 0.15) is 28.3 Å². The van der Waals surface area contributed by atoms with Crippen LogP contribution in [0.15, 0.2) is 52.5 Å². The summed E-state index contributed by atoms with van der Waals surface area (Å²) in [6.45, 7) is 0. The Balaban J connectivity index is 1.30. The number of anilines is 1. The van der Waals surface area contributed by atoms with E-state index in [1.165, 1.54) is 28.7 Å². The number of nitrogens with one attached hydrogen (secondary N) is 1. The maximum Gasteiger partial charge on any atom is 0.416 e. The van der Waals surface area contributed by atoms with E-state index < -0.39 is 11.7 Å². The maximum atomic E-state index is 12.9. The van der Waals surface area contributed by atoms with Crippen LogP contribution >= 0.6 is 22.7 Å². The molecule has 11 heteroatoms. The predicted octanol–water partition coefficient (Wildman–Crippen LogP) is 5.44. The number of halogens is 3. The zero-order valence-corrected chi connectivity index (χ0v) is 17.5. The van der Waals surface area contributed by atoms with Gasteiger partial charge in [-0.25, -0.2) is 4.98 Å². The maximum absolute atomic E-state index is 12.9. The number of thiophene rings is 1. The Morgan fingerprint density at radius 3 is 2.84 bits per heavy atom. The third-order valence-corrected chi connectivity index (χ3v) is 5.99. The highest BCUT2D eigenvalue weighted by molar-refractivity contribution is 7.15. The van der Waals surface area contributed by atoms with Crippen LogP contribution in [-0.2, 0) is 23.8 Å². The van der Waals surface area contributed by atoms with E-state index in [1.54, 1.807) is 12.3 Å². The summed E-state index contributed by atoms with van der Waals surface area (Å²) in [4.78, 5) is 22.2. The molecule has 0 unspecified atom stereocenters. The van der Waals surface area contributed by atoms with Crippen molar-refractivity contribution in [3.05, 3.63) is 69.9 Å². The molecule has 0 fully saturated rings. The Bertz CT molecular complexity index is 1170. The Kier molecular flexibility index (Phi) is 6.14. The monoisotopic (exact) mass is 464 g/mol. The number of thiazole rings is 1. The van der Waals surface area contributed by atoms with Gasteiger partial charge >= 0.3 is 6.18 Å². The largest absolute Gasteiger partial charge is 0.416 e. The third-order valence-electron chi connectivity index (χ3n) is 4.21. The molecule has 4 rings (SSSR count). The van der Waals surface area contributed by atoms with E-state index >= 15 is 0 Å². The van der Waals surface area contributed by atoms with Gasteiger partial charge < -0.3 is 9.84 Å². The molecule has 0 bridgehead atoms. The van der Waals surface area contributed by atoms with Crippen LogP contribution in [0.25, 0.3) is 10.7 Å². The van der Waals surface area contributed by atoms with Crippen molar-refractivity contribution >= 4 is 33.7 Å². The van der Waals surface area contributed by atoms with Gasteiger partial charge in [-0.3, -0.25) is 4.79 Å². The van der Waals surface area contributed by atoms with Gasteiger partial charge in [0.15, 0.2) is 5.13 Å². The number of hydrogen-bond acceptors (Lipinski definition) is 7. The van der Waals surface area contributed by atoms with E-state index in [0.29, 0.717) is 28.8 Å². The first-order valence-electron chi connectivity index (χ1n) is 9.14. The van der Waals surface area contributed by atoms with E-state index in [0.717, 1.165) is 21.9 Å². The molecule has 3 heterocycles. The lowest BCUT2D eigenvalue weighted by atomic mass is 10.1. The van der Waals surface area contributed by atoms with Crippen LogP contribution in [0.4, 0.5) is 18.3 Å². The molecule has 0 aliphatic heterocycles. The molecule has 1 N–H and O–H groups in total. The second-order valence-corrected chi connectivity index (χ2v) is 8.61. The zero-order chi connectivity index (χ0) is 21.8. The number of amides is 1. The Hall–Kier alpha value is -3.05. The summed E-state index contributed by atoms with van der Waals surface area (Å²) in [5.41, 5.74) is -0.166. The lowest BCUT2D eigenvalue weighted by Gasteiger charge is -2.07. The first-order chi connectivity index (χ1) is 14.9. The van der Waals surface area contributed by atoms with Crippen LogP contribution < -0.4 is 5.32 Å². The van der Waals surface area contributed by atoms with Crippen molar-refractivity contribution in [2.24, 2.45) is 0 Å². The topological polar surface area (TPSA) is 80.9 Å². The van der Waals surface area contributed by atoms with Crippen LogP contribution in [0, 0.1) is 0 Å². The van der Waals surface area contributed by atoms with Gasteiger partial charge in [0.05, 0.1) is 10.4 Å². The zero-order valence-electron chi connectivity index (χ0n) is 15.8. The van der Waals surface area contributed by atoms with E-state index in [-0.39, 0.29) is 18.7 Å². The van der Waals surface area contributed by atoms with Gasteiger partial charge in [-0.15, -0.1) is 22.7 Å². The molecule has 3 aromatic heterocycles. The average molecular weight is 464 g/mol. The van der Waals surface area contributed by atoms with Crippen LogP contribution in [0.5, 0.6) is 0 Å². The highest BCUT2D eigenvalue weighted by Gasteiger charge is 2.30. The molecule has 6 nitrogen and oxygen atoms in total. The lowest BCUT2D eigenvalue weighted by molar-refractivity contribution is -0.137. The number of aryl methyl sites for hydroxylation is 1. The Labute approximate surface area is 182 Å². The first-order valence-corrected chi connectivity index (χ1v) is 10.8. The molecule has 0 saturated heterocycles. The number of alkyl halides is 3. The summed E-state index contributed by atoms with van der Waals surface area (Å²) < 4.78 is 43.7. The molecule has 0 aliphatic rings. The fraction of sp³-hybridized carbons (Fsp3) is 0.200. The lowest BCUT2D eigenvalue weighted by Crippen LogP contribution is -2.12. The molecule has 0 aliphatic carbocycles. The molecule has 31 heavy (non-hydrogen) atoms. The summed E-state index contributed by atoms with van der Waals surface area (Å²) in [6, 6.07) is 8.93. The molecule has 0 atom stereocenters. The van der Waals surface area contributed by atoms with E-state index in [4.69, 9.17) is 4.52 Å². The third kappa shape index (κ3) is 5.56. The normalized spacial score (nSPS) is 11.6. The van der Waals surface area contributed by atoms with E-state index in [1.807, 2.05) is 17.5 Å². The number of aromatic nitrogens is 3. The van der Waals surface area contributed by atoms with Gasteiger partial charge in [0, 0.05) is 30.3 Å². The van der Waals surface area contributed by atoms with Crippen molar-refractivity contribution in [2.45, 2.75) is 25.4 Å². The van der Waals surface area contributed by atoms with Gasteiger partial charge in [-0.2, -0.15) is 18.2 Å². The van der Waals surface area contributed by atoms with E-state index in [9.17, 15) is 18.0 Å². The van der Waals surface area contributed by atoms with Crippen molar-refractivity contribution in [1.29, 1.82) is 0 Å². The van der Waals surface area contributed by atoms with Gasteiger partial charge in [0.1, 0.15) is 0 Å². The van der Waals surface area contributed by atoms with Crippen molar-refractivity contribution in [2.75, 3.05) is 5.32 Å². The number of carbonyl (C=O) groups excluding carboxylic acids is 1. The number of nitrogens with zero attached hydrogens (tertiary/aromatic N) is 3. The fourth-order valence-corrected chi connectivity index (χ4v) is 4.28. The van der Waals surface area contributed by atoms with Crippen LogP contribution in [-0.4, -0.2) is 21.0 Å². The minimum absolute atomic E-state index is 0.134. The Morgan fingerprint density at radius 2 is 2.06 bits per heavy atom. The number of carbonyl (C=O) groups is 1. The van der Waals surface area contributed by atoms with Gasteiger partial charge in [-0.1, -0.05) is 29.4 Å². The summed E-state index contributed by atoms with van der Waals surface area (Å²) in [5, 5.41) is 8.88. The molecule has 4 aromatic rings. The van der Waals surface area contributed by atoms with Crippen molar-refractivity contribution in [3.8, 4) is 10.7 Å². The fourth-order valence-electron chi connectivity index (χ4n) is 2.77. The van der Waals surface area contributed by atoms with Gasteiger partial charge in [0.25, 0.3) is 0 Å². The minimum atomic E-state index is -4.38. The highest BCUT2D eigenvalue weighted by Crippen LogP contribution is 2.30. The van der Waals surface area contributed by atoms with E-state index in [2.05, 4.69) is 20.4 Å². The average Bonchev–Trinajstić information content (AvgIpc) is 3.48. The standard InChI is InChI=1S/C20H15F3N4O2S2/c21-20(22,23)13-4-1-3-12(9-13)10-14-11-24-19(31-14)25-16(28)6-7-17-26-18(27-29-17)15-5-2-8-30-15/h1-5,8-9,11H,6-7,10H2,(H,24,25,28). The Morgan fingerprint density at radius 1 is 1.19 bits per heavy atom. The molecular weight excluding hydrogens is 449 g/mol. The van der Waals surface area contributed by atoms with Gasteiger partial charge in [0.2, 0.25) is 17.6 Å². The molecule has 0 spiro atoms. The number of hydrogen-bond donors (Lipinski definition) is 1. The first kappa shape index (κ1) is 21.2. The smallest absolute Gasteiger partial charge is 0.339 e. The molecule has 0 radical (unpaired) electrons. The number of benzene rings is 1. The summed E-state index contributed by atoms with van der Waals surface area (Å²) in [7, 11) is 0. The molecule has 1 aromatic carbocycles. The summed E-state index contributed by atoms with van der Waals surface area (Å²) >= 11 is 2.71. The summed E-state index contributed by atoms with van der Waals surface area (Å²) in [5.74, 6) is 0.586. The van der Waals surface area contributed by atoms with Crippen LogP contribution in [0.2, 0.25) is 0 Å². The quantitative estimate of drug-likeness (QED) is 0.394. The van der Waals surface area contributed by atoms with Crippen molar-refractivity contribution in [1.82, 2.24) is 15.1 Å². The second-order valence-electron chi connectivity index (χ2n) is 6.54. The summed E-state index contributed by atoms with van der Waals surface area (Å²) in [6.07, 6.45) is -2.12. The predicted molar refractivity (Wildman–Crippen MR) is 111 cm³/mol. The van der Waals surface area contributed by atoms with Crippen LogP contribution in [0.3, 0.4) is 0 Å². The molecule has 160 valence electrons. The molecule has 1 amide bonds. The molecular formula is C20H15F3N4O2S2. The second kappa shape index (κ2) is 8.98. The van der Waals surface area contributed by atoms with Gasteiger partial charge in [-0.05, 0) is 23.1 Å².